The topological polar surface area (TPSA) is 86.8 Å². The lowest BCUT2D eigenvalue weighted by atomic mass is 10.1. The molecule has 8 heteroatoms. The molecule has 0 spiro atoms. The van der Waals surface area contributed by atoms with Gasteiger partial charge in [0.1, 0.15) is 23.4 Å². The van der Waals surface area contributed by atoms with Crippen molar-refractivity contribution in [1.82, 2.24) is 9.71 Å². The van der Waals surface area contributed by atoms with Gasteiger partial charge in [-0.05, 0) is 54.7 Å². The van der Waals surface area contributed by atoms with Crippen LogP contribution in [0.3, 0.4) is 0 Å². The van der Waals surface area contributed by atoms with E-state index in [-0.39, 0.29) is 12.0 Å². The second-order valence-electron chi connectivity index (χ2n) is 7.83. The average molecular weight is 463 g/mol. The second kappa shape index (κ2) is 8.71. The summed E-state index contributed by atoms with van der Waals surface area (Å²) >= 11 is 0. The van der Waals surface area contributed by atoms with Crippen LogP contribution in [0.25, 0.3) is 4.91 Å². The molecule has 1 unspecified atom stereocenters. The molecule has 0 saturated heterocycles. The van der Waals surface area contributed by atoms with Gasteiger partial charge in [0.15, 0.2) is 11.0 Å². The Labute approximate surface area is 194 Å². The van der Waals surface area contributed by atoms with E-state index in [4.69, 9.17) is 14.2 Å². The maximum atomic E-state index is 12.0. The molecule has 7 nitrogen and oxygen atoms in total. The molecule has 2 atom stereocenters. The summed E-state index contributed by atoms with van der Waals surface area (Å²) in [6.07, 6.45) is 4.63. The summed E-state index contributed by atoms with van der Waals surface area (Å²) in [5.41, 5.74) is 3.90. The molecule has 0 fully saturated rings. The number of nitrogens with one attached hydrogen (secondary N) is 1. The monoisotopic (exact) mass is 462 g/mol. The van der Waals surface area contributed by atoms with Gasteiger partial charge in [-0.25, -0.2) is 9.19 Å². The minimum Gasteiger partial charge on any atom is -0.486 e. The van der Waals surface area contributed by atoms with Crippen molar-refractivity contribution in [1.29, 1.82) is 0 Å². The van der Waals surface area contributed by atoms with Gasteiger partial charge >= 0.3 is 0 Å². The fourth-order valence-electron chi connectivity index (χ4n) is 4.06. The van der Waals surface area contributed by atoms with Gasteiger partial charge in [-0.2, -0.15) is 0 Å². The number of aromatic nitrogens is 1. The van der Waals surface area contributed by atoms with Gasteiger partial charge < -0.3 is 14.2 Å². The van der Waals surface area contributed by atoms with Gasteiger partial charge in [0.05, 0.1) is 18.2 Å². The summed E-state index contributed by atoms with van der Waals surface area (Å²) in [5, 5.41) is 0. The van der Waals surface area contributed by atoms with Crippen LogP contribution < -0.4 is 18.9 Å². The molecule has 168 valence electrons. The summed E-state index contributed by atoms with van der Waals surface area (Å²) in [4.78, 5) is 16.1. The number of hydrogen-bond acceptors (Lipinski definition) is 6. The molecule has 2 aliphatic rings. The summed E-state index contributed by atoms with van der Waals surface area (Å²) < 4.78 is 32.0. The second-order valence-corrected chi connectivity index (χ2v) is 9.01. The van der Waals surface area contributed by atoms with E-state index in [2.05, 4.69) is 15.8 Å². The van der Waals surface area contributed by atoms with E-state index < -0.39 is 11.0 Å². The van der Waals surface area contributed by atoms with E-state index in [1.807, 2.05) is 49.4 Å². The van der Waals surface area contributed by atoms with Crippen molar-refractivity contribution in [3.8, 4) is 23.1 Å². The molecule has 1 N–H and O–H groups in total. The molecule has 0 bridgehead atoms. The smallest absolute Gasteiger partial charge is 0.257 e. The van der Waals surface area contributed by atoms with Crippen molar-refractivity contribution < 1.29 is 23.2 Å². The van der Waals surface area contributed by atoms with Crippen LogP contribution in [-0.2, 0) is 22.2 Å². The van der Waals surface area contributed by atoms with Gasteiger partial charge in [0.25, 0.3) is 5.91 Å². The molecular formula is C25H22N2O5S. The lowest BCUT2D eigenvalue weighted by Gasteiger charge is -2.16. The third kappa shape index (κ3) is 4.21. The highest BCUT2D eigenvalue weighted by Gasteiger charge is 2.27. The SMILES string of the molecule is COc1cc(C)c(Oc2cccc3c2CC[C@H]3Oc2ccc(C3=CC(=O)NS3=O)cc2)cn1. The number of hydrogen-bond donors (Lipinski definition) is 1. The van der Waals surface area contributed by atoms with Crippen molar-refractivity contribution in [2.75, 3.05) is 7.11 Å². The minimum absolute atomic E-state index is 0.0902. The van der Waals surface area contributed by atoms with E-state index in [9.17, 15) is 9.00 Å². The minimum atomic E-state index is -1.51. The van der Waals surface area contributed by atoms with Crippen LogP contribution in [0.15, 0.2) is 60.8 Å². The highest BCUT2D eigenvalue weighted by Crippen LogP contribution is 2.41. The predicted molar refractivity (Wildman–Crippen MR) is 124 cm³/mol. The molecule has 0 saturated carbocycles. The number of methoxy groups -OCH3 is 1. The van der Waals surface area contributed by atoms with Crippen LogP contribution in [0.2, 0.25) is 0 Å². The summed E-state index contributed by atoms with van der Waals surface area (Å²) in [6.45, 7) is 1.96. The zero-order valence-electron chi connectivity index (χ0n) is 18.2. The maximum Gasteiger partial charge on any atom is 0.257 e. The number of carbonyl (C=O) groups excluding carboxylic acids is 1. The summed E-state index contributed by atoms with van der Waals surface area (Å²) in [5.74, 6) is 2.41. The lowest BCUT2D eigenvalue weighted by molar-refractivity contribution is -0.114. The number of aryl methyl sites for hydroxylation is 1. The van der Waals surface area contributed by atoms with Crippen LogP contribution in [0, 0.1) is 6.92 Å². The van der Waals surface area contributed by atoms with E-state index in [0.717, 1.165) is 40.8 Å². The summed E-state index contributed by atoms with van der Waals surface area (Å²) in [7, 11) is 0.0784. The van der Waals surface area contributed by atoms with Gasteiger partial charge in [-0.15, -0.1) is 0 Å². The standard InChI is InChI=1S/C25H22N2O5S/c1-15-12-25(30-2)26-14-22(15)32-20-5-3-4-18-19(20)10-11-21(18)31-17-8-6-16(7-9-17)23-13-24(28)27-33(23)29/h3-9,12-14,21H,10-11H2,1-2H3,(H,27,28)/t21-,33?/m1/s1. The quantitative estimate of drug-likeness (QED) is 0.585. The first-order valence-corrected chi connectivity index (χ1v) is 11.7. The van der Waals surface area contributed by atoms with Crippen LogP contribution in [0.5, 0.6) is 23.1 Å². The van der Waals surface area contributed by atoms with Crippen molar-refractivity contribution >= 4 is 21.8 Å². The van der Waals surface area contributed by atoms with Gasteiger partial charge in [0.2, 0.25) is 5.88 Å². The number of ether oxygens (including phenoxy) is 3. The van der Waals surface area contributed by atoms with Crippen LogP contribution in [0.4, 0.5) is 0 Å². The molecule has 1 aromatic heterocycles. The Bertz CT molecular complexity index is 1290. The van der Waals surface area contributed by atoms with E-state index in [0.29, 0.717) is 22.3 Å². The molecule has 1 aliphatic carbocycles. The van der Waals surface area contributed by atoms with Crippen molar-refractivity contribution in [3.05, 3.63) is 83.1 Å². The van der Waals surface area contributed by atoms with Crippen LogP contribution in [0.1, 0.15) is 34.8 Å². The van der Waals surface area contributed by atoms with Crippen LogP contribution >= 0.6 is 0 Å². The van der Waals surface area contributed by atoms with Crippen LogP contribution in [-0.4, -0.2) is 22.2 Å². The number of nitrogens with zero attached hydrogens (tertiary/aromatic N) is 1. The first-order valence-electron chi connectivity index (χ1n) is 10.5. The van der Waals surface area contributed by atoms with Crippen molar-refractivity contribution in [3.63, 3.8) is 0 Å². The maximum absolute atomic E-state index is 12.0. The van der Waals surface area contributed by atoms with Crippen molar-refractivity contribution in [2.24, 2.45) is 0 Å². The zero-order valence-corrected chi connectivity index (χ0v) is 19.0. The molecule has 0 radical (unpaired) electrons. The fourth-order valence-corrected chi connectivity index (χ4v) is 4.97. The molecule has 5 rings (SSSR count). The van der Waals surface area contributed by atoms with Gasteiger partial charge in [-0.3, -0.25) is 9.52 Å². The largest absolute Gasteiger partial charge is 0.486 e. The Kier molecular flexibility index (Phi) is 5.60. The molecule has 2 aromatic carbocycles. The zero-order chi connectivity index (χ0) is 22.9. The Morgan fingerprint density at radius 2 is 1.94 bits per heavy atom. The first-order chi connectivity index (χ1) is 16.0. The van der Waals surface area contributed by atoms with E-state index >= 15 is 0 Å². The molecule has 33 heavy (non-hydrogen) atoms. The first kappa shape index (κ1) is 21.2. The van der Waals surface area contributed by atoms with E-state index in [1.165, 1.54) is 6.08 Å². The Morgan fingerprint density at radius 3 is 2.64 bits per heavy atom. The Hall–Kier alpha value is -3.65. The number of pyridine rings is 1. The Balaban J connectivity index is 1.33. The van der Waals surface area contributed by atoms with Crippen molar-refractivity contribution in [2.45, 2.75) is 25.9 Å². The Morgan fingerprint density at radius 1 is 1.12 bits per heavy atom. The molecule has 3 aromatic rings. The number of fused-ring (bicyclic) bond motifs is 1. The number of rotatable bonds is 6. The average Bonchev–Trinajstić information content (AvgIpc) is 3.38. The predicted octanol–water partition coefficient (Wildman–Crippen LogP) is 4.39. The number of benzene rings is 2. The summed E-state index contributed by atoms with van der Waals surface area (Å²) in [6, 6.07) is 15.1. The third-order valence-electron chi connectivity index (χ3n) is 5.71. The highest BCUT2D eigenvalue weighted by molar-refractivity contribution is 7.93. The molecule has 1 amide bonds. The fraction of sp³-hybridized carbons (Fsp3) is 0.200. The normalized spacial score (nSPS) is 19.0. The molecule has 1 aliphatic heterocycles. The van der Waals surface area contributed by atoms with E-state index in [1.54, 1.807) is 13.3 Å². The third-order valence-corrected chi connectivity index (χ3v) is 6.85. The number of amides is 1. The molecule has 2 heterocycles. The lowest BCUT2D eigenvalue weighted by Crippen LogP contribution is -2.16. The van der Waals surface area contributed by atoms with Gasteiger partial charge in [-0.1, -0.05) is 24.3 Å². The van der Waals surface area contributed by atoms with Gasteiger partial charge in [0, 0.05) is 17.7 Å². The number of carbonyl (C=O) groups is 1. The molecular weight excluding hydrogens is 440 g/mol. The highest BCUT2D eigenvalue weighted by atomic mass is 32.2.